The van der Waals surface area contributed by atoms with E-state index in [4.69, 9.17) is 4.98 Å². The highest BCUT2D eigenvalue weighted by atomic mass is 19.1. The Hall–Kier alpha value is -2.69. The van der Waals surface area contributed by atoms with Crippen molar-refractivity contribution in [3.05, 3.63) is 64.7 Å². The topological polar surface area (TPSA) is 38.1 Å². The van der Waals surface area contributed by atoms with Crippen LogP contribution in [0.2, 0.25) is 0 Å². The molecule has 0 saturated carbocycles. The number of carbonyl (C=O) groups excluding carboxylic acids is 1. The SMILES string of the molecule is CCCN(C)C(=O)[C@H](C)n1c(Cc2ccc(F)cc2)nc2cc(C)c(C)cc21. The van der Waals surface area contributed by atoms with E-state index < -0.39 is 0 Å². The zero-order valence-electron chi connectivity index (χ0n) is 17.3. The number of amides is 1. The molecule has 1 atom stereocenters. The number of likely N-dealkylation sites (N-methyl/N-ethyl adjacent to an activating group) is 1. The predicted molar refractivity (Wildman–Crippen MR) is 111 cm³/mol. The van der Waals surface area contributed by atoms with Gasteiger partial charge in [-0.2, -0.15) is 0 Å². The molecule has 0 unspecified atom stereocenters. The zero-order valence-corrected chi connectivity index (χ0v) is 17.3. The minimum Gasteiger partial charge on any atom is -0.344 e. The molecule has 0 aliphatic carbocycles. The number of hydrogen-bond acceptors (Lipinski definition) is 2. The Morgan fingerprint density at radius 2 is 1.82 bits per heavy atom. The summed E-state index contributed by atoms with van der Waals surface area (Å²) in [5.74, 6) is 0.630. The van der Waals surface area contributed by atoms with E-state index >= 15 is 0 Å². The third kappa shape index (κ3) is 3.93. The summed E-state index contributed by atoms with van der Waals surface area (Å²) in [6, 6.07) is 10.3. The lowest BCUT2D eigenvalue weighted by Crippen LogP contribution is -2.34. The highest BCUT2D eigenvalue weighted by Crippen LogP contribution is 2.27. The molecule has 4 nitrogen and oxygen atoms in total. The van der Waals surface area contributed by atoms with Crippen LogP contribution in [0.15, 0.2) is 36.4 Å². The Morgan fingerprint density at radius 3 is 2.46 bits per heavy atom. The number of carbonyl (C=O) groups is 1. The Kier molecular flexibility index (Phi) is 5.82. The number of benzene rings is 2. The molecule has 1 aromatic heterocycles. The van der Waals surface area contributed by atoms with Gasteiger partial charge in [0, 0.05) is 20.0 Å². The van der Waals surface area contributed by atoms with Crippen LogP contribution < -0.4 is 0 Å². The molecule has 148 valence electrons. The first-order valence-corrected chi connectivity index (χ1v) is 9.79. The van der Waals surface area contributed by atoms with Crippen molar-refractivity contribution in [3.63, 3.8) is 0 Å². The van der Waals surface area contributed by atoms with Crippen molar-refractivity contribution in [2.45, 2.75) is 46.6 Å². The summed E-state index contributed by atoms with van der Waals surface area (Å²) in [6.07, 6.45) is 1.46. The second-order valence-corrected chi connectivity index (χ2v) is 7.56. The first-order chi connectivity index (χ1) is 13.3. The summed E-state index contributed by atoms with van der Waals surface area (Å²) in [4.78, 5) is 19.6. The van der Waals surface area contributed by atoms with Crippen LogP contribution in [0.5, 0.6) is 0 Å². The van der Waals surface area contributed by atoms with Gasteiger partial charge in [-0.25, -0.2) is 9.37 Å². The van der Waals surface area contributed by atoms with Gasteiger partial charge in [-0.3, -0.25) is 4.79 Å². The first kappa shape index (κ1) is 20.1. The van der Waals surface area contributed by atoms with Gasteiger partial charge in [-0.05, 0) is 68.1 Å². The minimum atomic E-state index is -0.362. The highest BCUT2D eigenvalue weighted by molar-refractivity contribution is 5.84. The van der Waals surface area contributed by atoms with Crippen molar-refractivity contribution in [1.29, 1.82) is 0 Å². The van der Waals surface area contributed by atoms with Crippen molar-refractivity contribution in [1.82, 2.24) is 14.5 Å². The van der Waals surface area contributed by atoms with Crippen molar-refractivity contribution < 1.29 is 9.18 Å². The van der Waals surface area contributed by atoms with E-state index in [-0.39, 0.29) is 17.8 Å². The summed E-state index contributed by atoms with van der Waals surface area (Å²) in [6.45, 7) is 8.85. The van der Waals surface area contributed by atoms with Gasteiger partial charge in [0.2, 0.25) is 5.91 Å². The Morgan fingerprint density at radius 1 is 1.18 bits per heavy atom. The Balaban J connectivity index is 2.09. The fourth-order valence-electron chi connectivity index (χ4n) is 3.62. The quantitative estimate of drug-likeness (QED) is 0.614. The van der Waals surface area contributed by atoms with Crippen molar-refractivity contribution in [2.75, 3.05) is 13.6 Å². The molecule has 0 fully saturated rings. The van der Waals surface area contributed by atoms with E-state index in [1.165, 1.54) is 23.3 Å². The summed E-state index contributed by atoms with van der Waals surface area (Å²) < 4.78 is 15.3. The van der Waals surface area contributed by atoms with Crippen molar-refractivity contribution in [2.24, 2.45) is 0 Å². The molecule has 0 spiro atoms. The van der Waals surface area contributed by atoms with E-state index in [1.54, 1.807) is 17.0 Å². The molecule has 3 aromatic rings. The van der Waals surface area contributed by atoms with Crippen LogP contribution >= 0.6 is 0 Å². The fraction of sp³-hybridized carbons (Fsp3) is 0.391. The van der Waals surface area contributed by atoms with Gasteiger partial charge in [0.25, 0.3) is 0 Å². The first-order valence-electron chi connectivity index (χ1n) is 9.79. The molecule has 28 heavy (non-hydrogen) atoms. The number of aryl methyl sites for hydroxylation is 2. The van der Waals surface area contributed by atoms with Crippen LogP contribution in [-0.2, 0) is 11.2 Å². The van der Waals surface area contributed by atoms with Crippen LogP contribution in [0.3, 0.4) is 0 Å². The van der Waals surface area contributed by atoms with Gasteiger partial charge in [0.1, 0.15) is 17.7 Å². The molecule has 1 amide bonds. The van der Waals surface area contributed by atoms with Crippen LogP contribution in [0.4, 0.5) is 4.39 Å². The fourth-order valence-corrected chi connectivity index (χ4v) is 3.62. The van der Waals surface area contributed by atoms with Gasteiger partial charge in [0.05, 0.1) is 11.0 Å². The molecule has 0 bridgehead atoms. The van der Waals surface area contributed by atoms with E-state index in [9.17, 15) is 9.18 Å². The maximum absolute atomic E-state index is 13.3. The van der Waals surface area contributed by atoms with Gasteiger partial charge >= 0.3 is 0 Å². The van der Waals surface area contributed by atoms with Gasteiger partial charge in [0.15, 0.2) is 0 Å². The normalized spacial score (nSPS) is 12.4. The molecule has 5 heteroatoms. The van der Waals surface area contributed by atoms with Crippen LogP contribution in [0.1, 0.15) is 48.8 Å². The molecule has 0 radical (unpaired) electrons. The lowest BCUT2D eigenvalue weighted by molar-refractivity contribution is -0.132. The molecule has 0 aliphatic heterocycles. The minimum absolute atomic E-state index is 0.0692. The molecule has 0 N–H and O–H groups in total. The second-order valence-electron chi connectivity index (χ2n) is 7.56. The Labute approximate surface area is 166 Å². The summed E-state index contributed by atoms with van der Waals surface area (Å²) in [5, 5.41) is 0. The molecule has 0 aliphatic rings. The lowest BCUT2D eigenvalue weighted by atomic mass is 10.1. The van der Waals surface area contributed by atoms with Gasteiger partial charge < -0.3 is 9.47 Å². The average molecular weight is 381 g/mol. The van der Waals surface area contributed by atoms with E-state index in [0.717, 1.165) is 35.4 Å². The average Bonchev–Trinajstić information content (AvgIpc) is 2.99. The third-order valence-electron chi connectivity index (χ3n) is 5.33. The zero-order chi connectivity index (χ0) is 20.4. The lowest BCUT2D eigenvalue weighted by Gasteiger charge is -2.23. The number of aromatic nitrogens is 2. The maximum atomic E-state index is 13.3. The van der Waals surface area contributed by atoms with Crippen LogP contribution in [0, 0.1) is 19.7 Å². The second kappa shape index (κ2) is 8.13. The predicted octanol–water partition coefficient (Wildman–Crippen LogP) is 4.81. The van der Waals surface area contributed by atoms with Crippen LogP contribution in [-0.4, -0.2) is 34.0 Å². The number of nitrogens with zero attached hydrogens (tertiary/aromatic N) is 3. The smallest absolute Gasteiger partial charge is 0.245 e. The van der Waals surface area contributed by atoms with E-state index in [1.807, 2.05) is 18.5 Å². The van der Waals surface area contributed by atoms with Gasteiger partial charge in [-0.1, -0.05) is 19.1 Å². The summed E-state index contributed by atoms with van der Waals surface area (Å²) >= 11 is 0. The Bertz CT molecular complexity index is 991. The van der Waals surface area contributed by atoms with E-state index in [0.29, 0.717) is 6.42 Å². The largest absolute Gasteiger partial charge is 0.344 e. The molecule has 3 rings (SSSR count). The molecule has 0 saturated heterocycles. The molecular formula is C23H28FN3O. The monoisotopic (exact) mass is 381 g/mol. The van der Waals surface area contributed by atoms with Gasteiger partial charge in [-0.15, -0.1) is 0 Å². The molecule has 1 heterocycles. The van der Waals surface area contributed by atoms with E-state index in [2.05, 4.69) is 32.9 Å². The summed E-state index contributed by atoms with van der Waals surface area (Å²) in [5.41, 5.74) is 5.16. The number of hydrogen-bond donors (Lipinski definition) is 0. The number of rotatable bonds is 6. The standard InChI is InChI=1S/C23H28FN3O/c1-6-11-26(5)23(28)17(4)27-21-13-16(3)15(2)12-20(21)25-22(27)14-18-7-9-19(24)10-8-18/h7-10,12-13,17H,6,11,14H2,1-5H3/t17-/m0/s1. The molecular weight excluding hydrogens is 353 g/mol. The number of fused-ring (bicyclic) bond motifs is 1. The molecule has 2 aromatic carbocycles. The number of halogens is 1. The number of imidazole rings is 1. The van der Waals surface area contributed by atoms with Crippen molar-refractivity contribution in [3.8, 4) is 0 Å². The van der Waals surface area contributed by atoms with Crippen LogP contribution in [0.25, 0.3) is 11.0 Å². The maximum Gasteiger partial charge on any atom is 0.245 e. The highest BCUT2D eigenvalue weighted by Gasteiger charge is 2.24. The third-order valence-corrected chi connectivity index (χ3v) is 5.33. The summed E-state index contributed by atoms with van der Waals surface area (Å²) in [7, 11) is 1.84. The van der Waals surface area contributed by atoms with Crippen molar-refractivity contribution >= 4 is 16.9 Å².